The van der Waals surface area contributed by atoms with Crippen LogP contribution in [0.1, 0.15) is 38.8 Å². The first kappa shape index (κ1) is 17.0. The van der Waals surface area contributed by atoms with Gasteiger partial charge >= 0.3 is 0 Å². The van der Waals surface area contributed by atoms with E-state index < -0.39 is 0 Å². The second-order valence-electron chi connectivity index (χ2n) is 6.68. The maximum Gasteiger partial charge on any atom is 0.136 e. The van der Waals surface area contributed by atoms with Gasteiger partial charge in [0.15, 0.2) is 0 Å². The Bertz CT molecular complexity index is 980. The minimum atomic E-state index is 0.0736. The van der Waals surface area contributed by atoms with Gasteiger partial charge in [0.1, 0.15) is 22.8 Å². The largest absolute Gasteiger partial charge is 0.456 e. The number of nitrogens with zero attached hydrogens (tertiary/aromatic N) is 2. The number of amidine groups is 2. The van der Waals surface area contributed by atoms with E-state index >= 15 is 0 Å². The third kappa shape index (κ3) is 3.22. The molecule has 0 atom stereocenters. The summed E-state index contributed by atoms with van der Waals surface area (Å²) in [4.78, 5) is 9.04. The summed E-state index contributed by atoms with van der Waals surface area (Å²) in [6.45, 7) is 7.96. The third-order valence-electron chi connectivity index (χ3n) is 3.87. The standard InChI is InChI=1S/C20H24N4O/c1-11(2)23-19(21)14-9-10-16-17(18(14)20(22)24-12(3)4)13-7-5-6-8-15(13)25-16/h5-12H,1-4H3,(H2,21,23)(H2,22,24). The molecule has 1 heterocycles. The molecule has 0 aliphatic carbocycles. The van der Waals surface area contributed by atoms with E-state index in [1.165, 1.54) is 0 Å². The molecule has 130 valence electrons. The van der Waals surface area contributed by atoms with Crippen LogP contribution in [0.5, 0.6) is 0 Å². The third-order valence-corrected chi connectivity index (χ3v) is 3.87. The predicted octanol–water partition coefficient (Wildman–Crippen LogP) is 3.81. The number of para-hydroxylation sites is 1. The molecule has 5 nitrogen and oxygen atoms in total. The first-order valence-corrected chi connectivity index (χ1v) is 8.50. The van der Waals surface area contributed by atoms with E-state index in [0.717, 1.165) is 33.1 Å². The minimum Gasteiger partial charge on any atom is -0.456 e. The van der Waals surface area contributed by atoms with Crippen LogP contribution in [0.3, 0.4) is 0 Å². The molecule has 0 unspecified atom stereocenters. The number of furan rings is 1. The van der Waals surface area contributed by atoms with Gasteiger partial charge in [0.25, 0.3) is 0 Å². The second kappa shape index (κ2) is 6.59. The number of fused-ring (bicyclic) bond motifs is 3. The molecule has 0 radical (unpaired) electrons. The van der Waals surface area contributed by atoms with Crippen molar-refractivity contribution in [3.63, 3.8) is 0 Å². The van der Waals surface area contributed by atoms with Crippen LogP contribution in [0.15, 0.2) is 50.8 Å². The number of aliphatic imine (C=N–C) groups is 2. The summed E-state index contributed by atoms with van der Waals surface area (Å²) in [6, 6.07) is 11.9. The van der Waals surface area contributed by atoms with Crippen molar-refractivity contribution in [2.24, 2.45) is 21.5 Å². The Hall–Kier alpha value is -2.82. The van der Waals surface area contributed by atoms with E-state index in [2.05, 4.69) is 9.98 Å². The first-order chi connectivity index (χ1) is 11.9. The molecule has 0 saturated heterocycles. The fraction of sp³-hybridized carbons (Fsp3) is 0.300. The van der Waals surface area contributed by atoms with Crippen molar-refractivity contribution in [3.8, 4) is 0 Å². The van der Waals surface area contributed by atoms with E-state index in [-0.39, 0.29) is 12.1 Å². The van der Waals surface area contributed by atoms with Crippen molar-refractivity contribution in [2.75, 3.05) is 0 Å². The average molecular weight is 336 g/mol. The number of hydrogen-bond donors (Lipinski definition) is 2. The topological polar surface area (TPSA) is 89.9 Å². The van der Waals surface area contributed by atoms with Crippen LogP contribution in [0.4, 0.5) is 0 Å². The Labute approximate surface area is 147 Å². The number of rotatable bonds is 4. The van der Waals surface area contributed by atoms with Crippen molar-refractivity contribution in [2.45, 2.75) is 39.8 Å². The fourth-order valence-corrected chi connectivity index (χ4v) is 2.99. The summed E-state index contributed by atoms with van der Waals surface area (Å²) in [5, 5.41) is 1.92. The van der Waals surface area contributed by atoms with E-state index in [4.69, 9.17) is 15.9 Å². The van der Waals surface area contributed by atoms with Crippen LogP contribution >= 0.6 is 0 Å². The Morgan fingerprint density at radius 2 is 1.48 bits per heavy atom. The summed E-state index contributed by atoms with van der Waals surface area (Å²) in [6.07, 6.45) is 0. The smallest absolute Gasteiger partial charge is 0.136 e. The SMILES string of the molecule is CC(C)N=C(N)c1ccc2oc3ccccc3c2c1C(N)=NC(C)C. The molecule has 3 rings (SSSR count). The highest BCUT2D eigenvalue weighted by Gasteiger charge is 2.19. The molecule has 0 saturated carbocycles. The van der Waals surface area contributed by atoms with Gasteiger partial charge in [0.2, 0.25) is 0 Å². The number of benzene rings is 2. The molecule has 3 aromatic rings. The average Bonchev–Trinajstić information content (AvgIpc) is 2.91. The maximum atomic E-state index is 6.38. The van der Waals surface area contributed by atoms with Gasteiger partial charge in [-0.3, -0.25) is 9.98 Å². The summed E-state index contributed by atoms with van der Waals surface area (Å²) < 4.78 is 5.97. The molecule has 0 spiro atoms. The van der Waals surface area contributed by atoms with Crippen LogP contribution < -0.4 is 11.5 Å². The van der Waals surface area contributed by atoms with Gasteiger partial charge in [0, 0.05) is 34.0 Å². The van der Waals surface area contributed by atoms with E-state index in [1.54, 1.807) is 0 Å². The summed E-state index contributed by atoms with van der Waals surface area (Å²) >= 11 is 0. The van der Waals surface area contributed by atoms with Crippen molar-refractivity contribution in [1.29, 1.82) is 0 Å². The van der Waals surface area contributed by atoms with Gasteiger partial charge in [-0.1, -0.05) is 18.2 Å². The second-order valence-corrected chi connectivity index (χ2v) is 6.68. The first-order valence-electron chi connectivity index (χ1n) is 8.50. The van der Waals surface area contributed by atoms with E-state index in [0.29, 0.717) is 11.7 Å². The Morgan fingerprint density at radius 1 is 0.840 bits per heavy atom. The monoisotopic (exact) mass is 336 g/mol. The lowest BCUT2D eigenvalue weighted by molar-refractivity contribution is 0.669. The van der Waals surface area contributed by atoms with Crippen molar-refractivity contribution in [1.82, 2.24) is 0 Å². The lowest BCUT2D eigenvalue weighted by Gasteiger charge is -2.12. The van der Waals surface area contributed by atoms with Gasteiger partial charge in [-0.2, -0.15) is 0 Å². The molecule has 25 heavy (non-hydrogen) atoms. The van der Waals surface area contributed by atoms with Crippen LogP contribution in [-0.2, 0) is 0 Å². The lowest BCUT2D eigenvalue weighted by atomic mass is 9.98. The molecule has 0 aliphatic heterocycles. The molecule has 5 heteroatoms. The molecule has 0 aliphatic rings. The highest BCUT2D eigenvalue weighted by atomic mass is 16.3. The normalized spacial score (nSPS) is 13.5. The lowest BCUT2D eigenvalue weighted by Crippen LogP contribution is -2.24. The summed E-state index contributed by atoms with van der Waals surface area (Å²) in [5.74, 6) is 0.906. The molecular weight excluding hydrogens is 312 g/mol. The van der Waals surface area contributed by atoms with Crippen molar-refractivity contribution < 1.29 is 4.42 Å². The van der Waals surface area contributed by atoms with Gasteiger partial charge < -0.3 is 15.9 Å². The molecule has 0 bridgehead atoms. The Morgan fingerprint density at radius 3 is 2.16 bits per heavy atom. The summed E-state index contributed by atoms with van der Waals surface area (Å²) in [5.41, 5.74) is 15.8. The quantitative estimate of drug-likeness (QED) is 0.560. The number of hydrogen-bond acceptors (Lipinski definition) is 3. The zero-order valence-corrected chi connectivity index (χ0v) is 15.1. The predicted molar refractivity (Wildman–Crippen MR) is 105 cm³/mol. The maximum absolute atomic E-state index is 6.38. The zero-order chi connectivity index (χ0) is 18.1. The van der Waals surface area contributed by atoms with Crippen LogP contribution in [0, 0.1) is 0 Å². The van der Waals surface area contributed by atoms with Gasteiger partial charge in [-0.25, -0.2) is 0 Å². The highest BCUT2D eigenvalue weighted by Crippen LogP contribution is 2.33. The zero-order valence-electron chi connectivity index (χ0n) is 15.1. The van der Waals surface area contributed by atoms with Gasteiger partial charge in [-0.05, 0) is 45.9 Å². The molecule has 2 aromatic carbocycles. The van der Waals surface area contributed by atoms with Crippen molar-refractivity contribution >= 4 is 33.6 Å². The molecule has 0 amide bonds. The highest BCUT2D eigenvalue weighted by molar-refractivity contribution is 6.22. The van der Waals surface area contributed by atoms with Crippen LogP contribution in [-0.4, -0.2) is 23.8 Å². The summed E-state index contributed by atoms with van der Waals surface area (Å²) in [7, 11) is 0. The van der Waals surface area contributed by atoms with Gasteiger partial charge in [0.05, 0.1) is 0 Å². The Kier molecular flexibility index (Phi) is 4.49. The van der Waals surface area contributed by atoms with Crippen LogP contribution in [0.25, 0.3) is 21.9 Å². The fourth-order valence-electron chi connectivity index (χ4n) is 2.99. The molecule has 0 fully saturated rings. The molecule has 1 aromatic heterocycles. The van der Waals surface area contributed by atoms with E-state index in [1.807, 2.05) is 64.1 Å². The van der Waals surface area contributed by atoms with E-state index in [9.17, 15) is 0 Å². The number of nitrogens with two attached hydrogens (primary N) is 2. The van der Waals surface area contributed by atoms with Crippen LogP contribution in [0.2, 0.25) is 0 Å². The molecule has 4 N–H and O–H groups in total. The minimum absolute atomic E-state index is 0.0736. The molecular formula is C20H24N4O. The van der Waals surface area contributed by atoms with Gasteiger partial charge in [-0.15, -0.1) is 0 Å². The Balaban J connectivity index is 2.42. The van der Waals surface area contributed by atoms with Crippen molar-refractivity contribution in [3.05, 3.63) is 47.5 Å².